The second-order valence-electron chi connectivity index (χ2n) is 7.22. The molecular weight excluding hydrogens is 310 g/mol. The van der Waals surface area contributed by atoms with Crippen LogP contribution in [0, 0.1) is 5.92 Å². The Kier molecular flexibility index (Phi) is 4.45. The van der Waals surface area contributed by atoms with E-state index >= 15 is 0 Å². The minimum Gasteiger partial charge on any atom is -0.367 e. The molecule has 0 bridgehead atoms. The number of nitrogens with two attached hydrogens (primary N) is 1. The largest absolute Gasteiger partial charge is 0.367 e. The minimum absolute atomic E-state index is 0.0515. The van der Waals surface area contributed by atoms with Gasteiger partial charge in [-0.1, -0.05) is 36.4 Å². The van der Waals surface area contributed by atoms with E-state index in [-0.39, 0.29) is 17.9 Å². The average Bonchev–Trinajstić information content (AvgIpc) is 3.23. The third-order valence-electron chi connectivity index (χ3n) is 5.46. The van der Waals surface area contributed by atoms with Crippen LogP contribution < -0.4 is 16.0 Å². The lowest BCUT2D eigenvalue weighted by Crippen LogP contribution is -2.25. The molecule has 1 saturated carbocycles. The number of carbonyl (C=O) groups excluding carboxylic acids is 1. The number of nitrogens with zero attached hydrogens (tertiary/aromatic N) is 1. The summed E-state index contributed by atoms with van der Waals surface area (Å²) < 4.78 is 0. The van der Waals surface area contributed by atoms with Crippen LogP contribution in [0.5, 0.6) is 0 Å². The summed E-state index contributed by atoms with van der Waals surface area (Å²) in [7, 11) is 0. The Labute approximate surface area is 149 Å². The summed E-state index contributed by atoms with van der Waals surface area (Å²) in [4.78, 5) is 15.0. The van der Waals surface area contributed by atoms with Gasteiger partial charge in [0.1, 0.15) is 0 Å². The molecule has 4 nitrogen and oxygen atoms in total. The highest BCUT2D eigenvalue weighted by Crippen LogP contribution is 2.31. The van der Waals surface area contributed by atoms with Crippen molar-refractivity contribution in [2.75, 3.05) is 16.8 Å². The van der Waals surface area contributed by atoms with Gasteiger partial charge in [-0.15, -0.1) is 0 Å². The fourth-order valence-electron chi connectivity index (χ4n) is 4.05. The summed E-state index contributed by atoms with van der Waals surface area (Å²) >= 11 is 0. The van der Waals surface area contributed by atoms with Gasteiger partial charge in [-0.3, -0.25) is 4.79 Å². The molecule has 2 unspecified atom stereocenters. The predicted octanol–water partition coefficient (Wildman–Crippen LogP) is 3.32. The lowest BCUT2D eigenvalue weighted by molar-refractivity contribution is -0.119. The lowest BCUT2D eigenvalue weighted by Gasteiger charge is -2.22. The first-order valence-electron chi connectivity index (χ1n) is 9.18. The Morgan fingerprint density at radius 1 is 1.12 bits per heavy atom. The van der Waals surface area contributed by atoms with Crippen LogP contribution in [0.1, 0.15) is 30.4 Å². The molecule has 1 fully saturated rings. The van der Waals surface area contributed by atoms with E-state index in [2.05, 4.69) is 40.5 Å². The summed E-state index contributed by atoms with van der Waals surface area (Å²) in [6.45, 7) is 1.84. The number of carbonyl (C=O) groups is 1. The highest BCUT2D eigenvalue weighted by molar-refractivity contribution is 5.93. The van der Waals surface area contributed by atoms with Crippen LogP contribution in [0.4, 0.5) is 11.4 Å². The molecule has 1 aliphatic heterocycles. The van der Waals surface area contributed by atoms with E-state index in [9.17, 15) is 4.79 Å². The molecule has 1 amide bonds. The Hall–Kier alpha value is -2.33. The van der Waals surface area contributed by atoms with E-state index in [0.717, 1.165) is 50.0 Å². The van der Waals surface area contributed by atoms with Gasteiger partial charge in [0.15, 0.2) is 0 Å². The molecule has 0 aromatic heterocycles. The van der Waals surface area contributed by atoms with Gasteiger partial charge >= 0.3 is 0 Å². The molecule has 4 heteroatoms. The number of amides is 1. The SMILES string of the molecule is NC1CCC(C(=O)Nc2ccccc2CN2CCc3ccccc32)C1. The number of nitrogens with one attached hydrogen (secondary N) is 1. The second kappa shape index (κ2) is 6.89. The van der Waals surface area contributed by atoms with Gasteiger partial charge in [-0.2, -0.15) is 0 Å². The fourth-order valence-corrected chi connectivity index (χ4v) is 4.05. The van der Waals surface area contributed by atoms with Gasteiger partial charge < -0.3 is 16.0 Å². The maximum atomic E-state index is 12.6. The molecule has 2 aliphatic rings. The zero-order valence-electron chi connectivity index (χ0n) is 14.4. The highest BCUT2D eigenvalue weighted by atomic mass is 16.1. The fraction of sp³-hybridized carbons (Fsp3) is 0.381. The molecule has 2 atom stereocenters. The van der Waals surface area contributed by atoms with Crippen molar-refractivity contribution in [1.82, 2.24) is 0 Å². The standard InChI is InChI=1S/C21H25N3O/c22-18-10-9-16(13-18)21(25)23-19-7-3-1-6-17(19)14-24-12-11-15-5-2-4-8-20(15)24/h1-8,16,18H,9-14,22H2,(H,23,25). The Morgan fingerprint density at radius 2 is 1.92 bits per heavy atom. The molecule has 4 rings (SSSR count). The number of hydrogen-bond donors (Lipinski definition) is 2. The molecule has 2 aromatic carbocycles. The molecule has 1 heterocycles. The van der Waals surface area contributed by atoms with E-state index in [0.29, 0.717) is 0 Å². The molecule has 25 heavy (non-hydrogen) atoms. The van der Waals surface area contributed by atoms with Crippen molar-refractivity contribution in [3.05, 3.63) is 59.7 Å². The minimum atomic E-state index is 0.0515. The number of hydrogen-bond acceptors (Lipinski definition) is 3. The van der Waals surface area contributed by atoms with Gasteiger partial charge in [0.05, 0.1) is 0 Å². The Morgan fingerprint density at radius 3 is 2.76 bits per heavy atom. The molecule has 0 radical (unpaired) electrons. The van der Waals surface area contributed by atoms with Crippen LogP contribution in [-0.4, -0.2) is 18.5 Å². The van der Waals surface area contributed by atoms with Gasteiger partial charge in [-0.25, -0.2) is 0 Å². The number of benzene rings is 2. The average molecular weight is 335 g/mol. The summed E-state index contributed by atoms with van der Waals surface area (Å²) in [5, 5.41) is 3.15. The predicted molar refractivity (Wildman–Crippen MR) is 102 cm³/mol. The number of fused-ring (bicyclic) bond motifs is 1. The van der Waals surface area contributed by atoms with Gasteiger partial charge in [0, 0.05) is 36.4 Å². The molecule has 0 saturated heterocycles. The van der Waals surface area contributed by atoms with Crippen molar-refractivity contribution in [3.63, 3.8) is 0 Å². The van der Waals surface area contributed by atoms with Crippen LogP contribution in [0.25, 0.3) is 0 Å². The maximum Gasteiger partial charge on any atom is 0.227 e. The Bertz CT molecular complexity index is 773. The third kappa shape index (κ3) is 3.40. The van der Waals surface area contributed by atoms with Crippen molar-refractivity contribution in [2.24, 2.45) is 11.7 Å². The van der Waals surface area contributed by atoms with E-state index in [1.54, 1.807) is 0 Å². The summed E-state index contributed by atoms with van der Waals surface area (Å²) in [6, 6.07) is 16.9. The first kappa shape index (κ1) is 16.2. The van der Waals surface area contributed by atoms with Crippen molar-refractivity contribution < 1.29 is 4.79 Å². The van der Waals surface area contributed by atoms with E-state index < -0.39 is 0 Å². The van der Waals surface area contributed by atoms with Crippen molar-refractivity contribution >= 4 is 17.3 Å². The first-order valence-corrected chi connectivity index (χ1v) is 9.18. The van der Waals surface area contributed by atoms with Gasteiger partial charge in [0.2, 0.25) is 5.91 Å². The first-order chi connectivity index (χ1) is 12.2. The highest BCUT2D eigenvalue weighted by Gasteiger charge is 2.28. The van der Waals surface area contributed by atoms with Crippen LogP contribution in [-0.2, 0) is 17.8 Å². The lowest BCUT2D eigenvalue weighted by atomic mass is 10.1. The van der Waals surface area contributed by atoms with Gasteiger partial charge in [0.25, 0.3) is 0 Å². The zero-order chi connectivity index (χ0) is 17.2. The molecular formula is C21H25N3O. The number of anilines is 2. The molecule has 130 valence electrons. The molecule has 3 N–H and O–H groups in total. The number of rotatable bonds is 4. The second-order valence-corrected chi connectivity index (χ2v) is 7.22. The van der Waals surface area contributed by atoms with Crippen LogP contribution in [0.2, 0.25) is 0 Å². The monoisotopic (exact) mass is 335 g/mol. The topological polar surface area (TPSA) is 58.4 Å². The molecule has 2 aromatic rings. The summed E-state index contributed by atoms with van der Waals surface area (Å²) in [5.41, 5.74) is 10.8. The molecule has 0 spiro atoms. The maximum absolute atomic E-state index is 12.6. The van der Waals surface area contributed by atoms with Gasteiger partial charge in [-0.05, 0) is 48.9 Å². The smallest absolute Gasteiger partial charge is 0.227 e. The third-order valence-corrected chi connectivity index (χ3v) is 5.46. The number of para-hydroxylation sites is 2. The van der Waals surface area contributed by atoms with Crippen molar-refractivity contribution in [1.29, 1.82) is 0 Å². The quantitative estimate of drug-likeness (QED) is 0.901. The normalized spacial score (nSPS) is 22.0. The van der Waals surface area contributed by atoms with Crippen LogP contribution in [0.15, 0.2) is 48.5 Å². The van der Waals surface area contributed by atoms with E-state index in [4.69, 9.17) is 5.73 Å². The molecule has 1 aliphatic carbocycles. The van der Waals surface area contributed by atoms with Crippen molar-refractivity contribution in [3.8, 4) is 0 Å². The van der Waals surface area contributed by atoms with E-state index in [1.165, 1.54) is 11.3 Å². The Balaban J connectivity index is 1.49. The summed E-state index contributed by atoms with van der Waals surface area (Å²) in [6.07, 6.45) is 3.73. The van der Waals surface area contributed by atoms with Crippen LogP contribution >= 0.6 is 0 Å². The van der Waals surface area contributed by atoms with Crippen molar-refractivity contribution in [2.45, 2.75) is 38.3 Å². The van der Waals surface area contributed by atoms with E-state index in [1.807, 2.05) is 18.2 Å². The summed E-state index contributed by atoms with van der Waals surface area (Å²) in [5.74, 6) is 0.165. The van der Waals surface area contributed by atoms with Crippen LogP contribution in [0.3, 0.4) is 0 Å². The zero-order valence-corrected chi connectivity index (χ0v) is 14.4.